The summed E-state index contributed by atoms with van der Waals surface area (Å²) in [6.45, 7) is 7.17. The van der Waals surface area contributed by atoms with Gasteiger partial charge in [0.15, 0.2) is 0 Å². The maximum atomic E-state index is 12.9. The van der Waals surface area contributed by atoms with Gasteiger partial charge in [0.2, 0.25) is 15.9 Å². The second-order valence-electron chi connectivity index (χ2n) is 7.17. The van der Waals surface area contributed by atoms with Crippen molar-refractivity contribution in [3.05, 3.63) is 71.3 Å². The summed E-state index contributed by atoms with van der Waals surface area (Å²) in [5.41, 5.74) is 3.92. The molecule has 0 N–H and O–H groups in total. The summed E-state index contributed by atoms with van der Waals surface area (Å²) >= 11 is 0. The molecule has 0 unspecified atom stereocenters. The minimum Gasteiger partial charge on any atom is -0.337 e. The molecule has 1 saturated heterocycles. The number of allylic oxidation sites excluding steroid dienone is 1. The molecule has 28 heavy (non-hydrogen) atoms. The van der Waals surface area contributed by atoms with E-state index in [1.807, 2.05) is 57.2 Å². The van der Waals surface area contributed by atoms with Crippen LogP contribution in [0.1, 0.15) is 23.6 Å². The lowest BCUT2D eigenvalue weighted by Crippen LogP contribution is -2.50. The summed E-state index contributed by atoms with van der Waals surface area (Å²) in [6.07, 6.45) is 1.63. The first-order valence-corrected chi connectivity index (χ1v) is 10.8. The lowest BCUT2D eigenvalue weighted by atomic mass is 10.1. The zero-order valence-electron chi connectivity index (χ0n) is 16.6. The maximum Gasteiger partial charge on any atom is 0.246 e. The zero-order chi connectivity index (χ0) is 20.3. The summed E-state index contributed by atoms with van der Waals surface area (Å²) in [7, 11) is -3.54. The Hall–Kier alpha value is -2.44. The molecule has 0 saturated carbocycles. The van der Waals surface area contributed by atoms with Crippen LogP contribution in [-0.2, 0) is 14.8 Å². The Morgan fingerprint density at radius 3 is 2.18 bits per heavy atom. The predicted molar refractivity (Wildman–Crippen MR) is 111 cm³/mol. The lowest BCUT2D eigenvalue weighted by molar-refractivity contribution is -0.127. The molecule has 148 valence electrons. The molecule has 0 aliphatic carbocycles. The van der Waals surface area contributed by atoms with E-state index in [1.165, 1.54) is 4.31 Å². The fourth-order valence-electron chi connectivity index (χ4n) is 3.23. The van der Waals surface area contributed by atoms with Gasteiger partial charge in [0.1, 0.15) is 0 Å². The maximum absolute atomic E-state index is 12.9. The van der Waals surface area contributed by atoms with Gasteiger partial charge in [-0.2, -0.15) is 4.31 Å². The van der Waals surface area contributed by atoms with Gasteiger partial charge in [0.05, 0.1) is 4.90 Å². The summed E-state index contributed by atoms with van der Waals surface area (Å²) in [4.78, 5) is 14.6. The van der Waals surface area contributed by atoms with Gasteiger partial charge in [-0.15, -0.1) is 0 Å². The average Bonchev–Trinajstić information content (AvgIpc) is 2.70. The Balaban J connectivity index is 1.67. The molecule has 1 amide bonds. The zero-order valence-corrected chi connectivity index (χ0v) is 17.4. The molecular formula is C22H26N2O3S. The van der Waals surface area contributed by atoms with Crippen LogP contribution >= 0.6 is 0 Å². The molecule has 1 heterocycles. The molecule has 1 aliphatic rings. The van der Waals surface area contributed by atoms with Crippen LogP contribution in [0.5, 0.6) is 0 Å². The third-order valence-electron chi connectivity index (χ3n) is 5.24. The van der Waals surface area contributed by atoms with Crippen molar-refractivity contribution in [2.24, 2.45) is 0 Å². The molecule has 5 nitrogen and oxygen atoms in total. The second-order valence-corrected chi connectivity index (χ2v) is 9.11. The van der Waals surface area contributed by atoms with E-state index in [1.54, 1.807) is 23.1 Å². The molecule has 0 bridgehead atoms. The smallest absolute Gasteiger partial charge is 0.246 e. The fraction of sp³-hybridized carbons (Fsp3) is 0.318. The molecule has 3 rings (SSSR count). The van der Waals surface area contributed by atoms with Crippen LogP contribution in [0.4, 0.5) is 0 Å². The highest BCUT2D eigenvalue weighted by molar-refractivity contribution is 7.89. The Labute approximate surface area is 167 Å². The van der Waals surface area contributed by atoms with E-state index in [9.17, 15) is 13.2 Å². The number of aryl methyl sites for hydroxylation is 2. The second kappa shape index (κ2) is 8.29. The van der Waals surface area contributed by atoms with Gasteiger partial charge in [-0.3, -0.25) is 4.79 Å². The number of hydrogen-bond donors (Lipinski definition) is 0. The van der Waals surface area contributed by atoms with Gasteiger partial charge in [-0.25, -0.2) is 8.42 Å². The molecule has 2 aromatic rings. The van der Waals surface area contributed by atoms with Gasteiger partial charge in [0, 0.05) is 32.3 Å². The van der Waals surface area contributed by atoms with Crippen LogP contribution in [-0.4, -0.2) is 49.7 Å². The summed E-state index contributed by atoms with van der Waals surface area (Å²) in [5.74, 6) is -0.0791. The number of rotatable bonds is 4. The number of amides is 1. The minimum atomic E-state index is -3.54. The number of nitrogens with zero attached hydrogens (tertiary/aromatic N) is 2. The standard InChI is InChI=1S/C22H26N2O3S/c1-17-9-10-21(15-18(17)2)28(26,27)24-13-11-23(12-14-24)22(25)16-19(3)20-7-5-4-6-8-20/h4-10,15-16H,11-14H2,1-3H3. The number of piperazine rings is 1. The van der Waals surface area contributed by atoms with E-state index in [0.717, 1.165) is 22.3 Å². The van der Waals surface area contributed by atoms with Crippen molar-refractivity contribution >= 4 is 21.5 Å². The van der Waals surface area contributed by atoms with Crippen LogP contribution in [0.2, 0.25) is 0 Å². The Morgan fingerprint density at radius 1 is 0.929 bits per heavy atom. The molecule has 1 fully saturated rings. The van der Waals surface area contributed by atoms with E-state index < -0.39 is 10.0 Å². The van der Waals surface area contributed by atoms with Gasteiger partial charge in [-0.1, -0.05) is 36.4 Å². The minimum absolute atomic E-state index is 0.0791. The van der Waals surface area contributed by atoms with E-state index in [2.05, 4.69) is 0 Å². The van der Waals surface area contributed by atoms with Gasteiger partial charge in [0.25, 0.3) is 0 Å². The normalized spacial score (nSPS) is 16.2. The van der Waals surface area contributed by atoms with Gasteiger partial charge >= 0.3 is 0 Å². The van der Waals surface area contributed by atoms with Crippen LogP contribution < -0.4 is 0 Å². The van der Waals surface area contributed by atoms with Crippen LogP contribution in [0.3, 0.4) is 0 Å². The molecular weight excluding hydrogens is 372 g/mol. The Kier molecular flexibility index (Phi) is 6.01. The van der Waals surface area contributed by atoms with E-state index in [4.69, 9.17) is 0 Å². The Morgan fingerprint density at radius 2 is 1.57 bits per heavy atom. The molecule has 0 radical (unpaired) electrons. The number of benzene rings is 2. The highest BCUT2D eigenvalue weighted by Crippen LogP contribution is 2.21. The summed E-state index contributed by atoms with van der Waals surface area (Å²) in [6, 6.07) is 14.9. The van der Waals surface area contributed by atoms with Crippen molar-refractivity contribution in [2.75, 3.05) is 26.2 Å². The third kappa shape index (κ3) is 4.34. The third-order valence-corrected chi connectivity index (χ3v) is 7.13. The largest absolute Gasteiger partial charge is 0.337 e. The van der Waals surface area contributed by atoms with Crippen LogP contribution in [0.25, 0.3) is 5.57 Å². The van der Waals surface area contributed by atoms with Crippen molar-refractivity contribution in [3.63, 3.8) is 0 Å². The average molecular weight is 399 g/mol. The number of hydrogen-bond acceptors (Lipinski definition) is 3. The highest BCUT2D eigenvalue weighted by atomic mass is 32.2. The van der Waals surface area contributed by atoms with Crippen molar-refractivity contribution in [1.29, 1.82) is 0 Å². The molecule has 1 aliphatic heterocycles. The van der Waals surface area contributed by atoms with Crippen LogP contribution in [0, 0.1) is 13.8 Å². The van der Waals surface area contributed by atoms with Gasteiger partial charge in [-0.05, 0) is 55.2 Å². The molecule has 0 atom stereocenters. The van der Waals surface area contributed by atoms with Crippen molar-refractivity contribution < 1.29 is 13.2 Å². The first-order valence-electron chi connectivity index (χ1n) is 9.39. The topological polar surface area (TPSA) is 57.7 Å². The highest BCUT2D eigenvalue weighted by Gasteiger charge is 2.29. The summed E-state index contributed by atoms with van der Waals surface area (Å²) in [5, 5.41) is 0. The van der Waals surface area contributed by atoms with E-state index in [0.29, 0.717) is 31.1 Å². The molecule has 0 aromatic heterocycles. The van der Waals surface area contributed by atoms with Crippen LogP contribution in [0.15, 0.2) is 59.5 Å². The Bertz CT molecular complexity index is 990. The first-order chi connectivity index (χ1) is 13.3. The fourth-order valence-corrected chi connectivity index (χ4v) is 4.74. The summed E-state index contributed by atoms with van der Waals surface area (Å²) < 4.78 is 27.3. The van der Waals surface area contributed by atoms with E-state index >= 15 is 0 Å². The predicted octanol–water partition coefficient (Wildman–Crippen LogP) is 3.24. The molecule has 0 spiro atoms. The quantitative estimate of drug-likeness (QED) is 0.743. The number of carbonyl (C=O) groups excluding carboxylic acids is 1. The monoisotopic (exact) mass is 398 g/mol. The first kappa shape index (κ1) is 20.3. The van der Waals surface area contributed by atoms with Crippen molar-refractivity contribution in [1.82, 2.24) is 9.21 Å². The SMILES string of the molecule is CC(=CC(=O)N1CCN(S(=O)(=O)c2ccc(C)c(C)c2)CC1)c1ccccc1. The van der Waals surface area contributed by atoms with Crippen molar-refractivity contribution in [3.8, 4) is 0 Å². The van der Waals surface area contributed by atoms with Crippen molar-refractivity contribution in [2.45, 2.75) is 25.7 Å². The van der Waals surface area contributed by atoms with Gasteiger partial charge < -0.3 is 4.90 Å². The lowest BCUT2D eigenvalue weighted by Gasteiger charge is -2.33. The van der Waals surface area contributed by atoms with E-state index in [-0.39, 0.29) is 5.91 Å². The molecule has 6 heteroatoms. The molecule has 2 aromatic carbocycles. The number of carbonyl (C=O) groups is 1. The number of sulfonamides is 1.